The van der Waals surface area contributed by atoms with E-state index in [-0.39, 0.29) is 12.2 Å². The van der Waals surface area contributed by atoms with Gasteiger partial charge in [-0.3, -0.25) is 9.59 Å². The largest absolute Gasteiger partial charge is 0.502 e. The summed E-state index contributed by atoms with van der Waals surface area (Å²) in [5.41, 5.74) is 5.34. The van der Waals surface area contributed by atoms with E-state index in [1.54, 1.807) is 25.1 Å². The zero-order valence-corrected chi connectivity index (χ0v) is 13.7. The van der Waals surface area contributed by atoms with Gasteiger partial charge >= 0.3 is 0 Å². The van der Waals surface area contributed by atoms with Crippen LogP contribution in [0.15, 0.2) is 33.5 Å². The summed E-state index contributed by atoms with van der Waals surface area (Å²) < 4.78 is 15.9. The van der Waals surface area contributed by atoms with Gasteiger partial charge in [0.1, 0.15) is 5.76 Å². The number of amides is 1. The Morgan fingerprint density at radius 1 is 1.25 bits per heavy atom. The molecule has 1 aromatic carbocycles. The Morgan fingerprint density at radius 3 is 2.50 bits per heavy atom. The fourth-order valence-corrected chi connectivity index (χ4v) is 2.49. The molecule has 1 amide bonds. The monoisotopic (exact) mass is 333 g/mol. The van der Waals surface area contributed by atoms with Gasteiger partial charge in [-0.15, -0.1) is 0 Å². The molecule has 0 aliphatic rings. The lowest BCUT2D eigenvalue weighted by Gasteiger charge is -2.18. The van der Waals surface area contributed by atoms with Crippen molar-refractivity contribution >= 4 is 5.91 Å². The highest BCUT2D eigenvalue weighted by atomic mass is 16.5. The highest BCUT2D eigenvalue weighted by Gasteiger charge is 2.26. The molecule has 2 aromatic rings. The van der Waals surface area contributed by atoms with Gasteiger partial charge in [0.25, 0.3) is 0 Å². The van der Waals surface area contributed by atoms with Gasteiger partial charge in [-0.25, -0.2) is 0 Å². The van der Waals surface area contributed by atoms with Gasteiger partial charge in [0.2, 0.25) is 17.1 Å². The van der Waals surface area contributed by atoms with Gasteiger partial charge in [0, 0.05) is 12.5 Å². The number of nitrogens with two attached hydrogens (primary N) is 1. The predicted octanol–water partition coefficient (Wildman–Crippen LogP) is 1.68. The van der Waals surface area contributed by atoms with Crippen molar-refractivity contribution < 1.29 is 23.8 Å². The van der Waals surface area contributed by atoms with Crippen LogP contribution in [0.4, 0.5) is 0 Å². The number of hydrogen-bond donors (Lipinski definition) is 2. The van der Waals surface area contributed by atoms with Gasteiger partial charge in [-0.1, -0.05) is 6.07 Å². The number of hydrogen-bond acceptors (Lipinski definition) is 6. The van der Waals surface area contributed by atoms with E-state index < -0.39 is 23.0 Å². The number of carbonyl (C=O) groups is 1. The third-order valence-corrected chi connectivity index (χ3v) is 3.60. The zero-order valence-electron chi connectivity index (χ0n) is 13.7. The fourth-order valence-electron chi connectivity index (χ4n) is 2.49. The molecule has 1 heterocycles. The number of carbonyl (C=O) groups excluding carboxylic acids is 1. The SMILES string of the molecule is COc1ccc([C@H](CC(N)=O)c2oc(C)cc(=O)c2O)cc1OC. The maximum atomic E-state index is 11.8. The Balaban J connectivity index is 2.62. The van der Waals surface area contributed by atoms with Crippen molar-refractivity contribution in [2.24, 2.45) is 5.73 Å². The quantitative estimate of drug-likeness (QED) is 0.832. The van der Waals surface area contributed by atoms with Crippen LogP contribution in [-0.4, -0.2) is 25.2 Å². The normalized spacial score (nSPS) is 11.8. The summed E-state index contributed by atoms with van der Waals surface area (Å²) in [6.45, 7) is 1.58. The maximum Gasteiger partial charge on any atom is 0.227 e. The molecule has 3 N–H and O–H groups in total. The summed E-state index contributed by atoms with van der Waals surface area (Å²) in [6.07, 6.45) is -0.143. The number of primary amides is 1. The molecule has 0 unspecified atom stereocenters. The average Bonchev–Trinajstić information content (AvgIpc) is 2.55. The van der Waals surface area contributed by atoms with Gasteiger partial charge in [-0.05, 0) is 24.6 Å². The second-order valence-electron chi connectivity index (χ2n) is 5.27. The van der Waals surface area contributed by atoms with Crippen molar-refractivity contribution in [3.05, 3.63) is 51.6 Å². The molecule has 0 spiro atoms. The average molecular weight is 333 g/mol. The highest BCUT2D eigenvalue weighted by Crippen LogP contribution is 2.37. The molecule has 7 nitrogen and oxygen atoms in total. The molecule has 0 aliphatic heterocycles. The molecule has 1 aromatic heterocycles. The van der Waals surface area contributed by atoms with E-state index >= 15 is 0 Å². The van der Waals surface area contributed by atoms with Crippen molar-refractivity contribution in [1.29, 1.82) is 0 Å². The van der Waals surface area contributed by atoms with Crippen LogP contribution in [0.5, 0.6) is 17.2 Å². The zero-order chi connectivity index (χ0) is 17.9. The minimum Gasteiger partial charge on any atom is -0.502 e. The first-order chi connectivity index (χ1) is 11.4. The van der Waals surface area contributed by atoms with E-state index in [1.807, 2.05) is 0 Å². The highest BCUT2D eigenvalue weighted by molar-refractivity contribution is 5.75. The van der Waals surface area contributed by atoms with E-state index in [4.69, 9.17) is 19.6 Å². The molecule has 0 saturated carbocycles. The first-order valence-electron chi connectivity index (χ1n) is 7.21. The summed E-state index contributed by atoms with van der Waals surface area (Å²) >= 11 is 0. The standard InChI is InChI=1S/C17H19NO6/c1-9-6-12(19)16(21)17(24-9)11(8-15(18)20)10-4-5-13(22-2)14(7-10)23-3/h4-7,11,21H,8H2,1-3H3,(H2,18,20)/t11-/m0/s1. The second-order valence-corrected chi connectivity index (χ2v) is 5.27. The fraction of sp³-hybridized carbons (Fsp3) is 0.294. The summed E-state index contributed by atoms with van der Waals surface area (Å²) in [6, 6.07) is 6.17. The number of aromatic hydroxyl groups is 1. The third kappa shape index (κ3) is 3.51. The van der Waals surface area contributed by atoms with E-state index in [9.17, 15) is 14.7 Å². The van der Waals surface area contributed by atoms with Crippen molar-refractivity contribution in [2.45, 2.75) is 19.3 Å². The topological polar surface area (TPSA) is 112 Å². The molecule has 0 aliphatic carbocycles. The second kappa shape index (κ2) is 7.08. The molecular weight excluding hydrogens is 314 g/mol. The molecule has 128 valence electrons. The molecule has 0 radical (unpaired) electrons. The van der Waals surface area contributed by atoms with Crippen molar-refractivity contribution in [3.8, 4) is 17.2 Å². The van der Waals surface area contributed by atoms with Crippen LogP contribution in [0, 0.1) is 6.92 Å². The summed E-state index contributed by atoms with van der Waals surface area (Å²) in [5.74, 6) is -0.600. The van der Waals surface area contributed by atoms with Crippen molar-refractivity contribution in [3.63, 3.8) is 0 Å². The molecular formula is C17H19NO6. The third-order valence-electron chi connectivity index (χ3n) is 3.60. The number of benzene rings is 1. The smallest absolute Gasteiger partial charge is 0.227 e. The summed E-state index contributed by atoms with van der Waals surface area (Å²) in [5, 5.41) is 10.1. The minimum absolute atomic E-state index is 0.00831. The minimum atomic E-state index is -0.727. The van der Waals surface area contributed by atoms with Crippen LogP contribution in [0.2, 0.25) is 0 Å². The van der Waals surface area contributed by atoms with Crippen molar-refractivity contribution in [2.75, 3.05) is 14.2 Å². The van der Waals surface area contributed by atoms with Gasteiger partial charge in [0.15, 0.2) is 17.3 Å². The Bertz CT molecular complexity index is 811. The summed E-state index contributed by atoms with van der Waals surface area (Å²) in [7, 11) is 2.98. The molecule has 7 heteroatoms. The lowest BCUT2D eigenvalue weighted by atomic mass is 9.91. The van der Waals surface area contributed by atoms with Crippen LogP contribution in [-0.2, 0) is 4.79 Å². The van der Waals surface area contributed by atoms with Crippen LogP contribution >= 0.6 is 0 Å². The molecule has 2 rings (SSSR count). The first-order valence-corrected chi connectivity index (χ1v) is 7.21. The van der Waals surface area contributed by atoms with Crippen LogP contribution in [0.25, 0.3) is 0 Å². The molecule has 0 fully saturated rings. The van der Waals surface area contributed by atoms with Crippen LogP contribution in [0.3, 0.4) is 0 Å². The molecule has 0 bridgehead atoms. The Labute approximate surface area is 138 Å². The van der Waals surface area contributed by atoms with Gasteiger partial charge < -0.3 is 24.7 Å². The molecule has 0 saturated heterocycles. The van der Waals surface area contributed by atoms with Crippen LogP contribution in [0.1, 0.15) is 29.4 Å². The molecule has 1 atom stereocenters. The van der Waals surface area contributed by atoms with E-state index in [0.717, 1.165) is 0 Å². The number of aryl methyl sites for hydroxylation is 1. The molecule has 24 heavy (non-hydrogen) atoms. The van der Waals surface area contributed by atoms with E-state index in [0.29, 0.717) is 22.8 Å². The van der Waals surface area contributed by atoms with E-state index in [2.05, 4.69) is 0 Å². The lowest BCUT2D eigenvalue weighted by Crippen LogP contribution is -2.18. The predicted molar refractivity (Wildman–Crippen MR) is 86.6 cm³/mol. The maximum absolute atomic E-state index is 11.8. The number of methoxy groups -OCH3 is 2. The van der Waals surface area contributed by atoms with Crippen LogP contribution < -0.4 is 20.6 Å². The van der Waals surface area contributed by atoms with Gasteiger partial charge in [-0.2, -0.15) is 0 Å². The first kappa shape index (κ1) is 17.4. The summed E-state index contributed by atoms with van der Waals surface area (Å²) in [4.78, 5) is 23.3. The Morgan fingerprint density at radius 2 is 1.92 bits per heavy atom. The van der Waals surface area contributed by atoms with Gasteiger partial charge in [0.05, 0.1) is 20.1 Å². The number of rotatable bonds is 6. The Hall–Kier alpha value is -2.96. The lowest BCUT2D eigenvalue weighted by molar-refractivity contribution is -0.118. The van der Waals surface area contributed by atoms with Crippen molar-refractivity contribution in [1.82, 2.24) is 0 Å². The van der Waals surface area contributed by atoms with E-state index in [1.165, 1.54) is 20.3 Å². The number of ether oxygens (including phenoxy) is 2. The Kier molecular flexibility index (Phi) is 5.13.